The van der Waals surface area contributed by atoms with Crippen molar-refractivity contribution in [3.63, 3.8) is 0 Å². The number of hydrogen-bond donors (Lipinski definition) is 1. The van der Waals surface area contributed by atoms with Crippen LogP contribution in [0, 0.1) is 6.92 Å². The number of nitrogen functional groups attached to an aromatic ring is 1. The number of anilines is 2. The molecule has 4 nitrogen and oxygen atoms in total. The zero-order chi connectivity index (χ0) is 15.0. The Bertz CT molecular complexity index is 653. The van der Waals surface area contributed by atoms with E-state index in [4.69, 9.17) is 5.73 Å². The van der Waals surface area contributed by atoms with Crippen LogP contribution < -0.4 is 10.6 Å². The fourth-order valence-corrected chi connectivity index (χ4v) is 3.33. The first-order valence-electron chi connectivity index (χ1n) is 7.66. The molecule has 2 heterocycles. The monoisotopic (exact) mass is 284 g/mol. The number of likely N-dealkylation sites (N-methyl/N-ethyl adjacent to an activating group) is 1. The highest BCUT2D eigenvalue weighted by molar-refractivity contribution is 6.01. The van der Waals surface area contributed by atoms with Crippen LogP contribution in [0.3, 0.4) is 0 Å². The molecule has 1 unspecified atom stereocenters. The molecule has 1 aliphatic heterocycles. The molecule has 0 amide bonds. The smallest absolute Gasteiger partial charge is 0.0451 e. The van der Waals surface area contributed by atoms with Gasteiger partial charge >= 0.3 is 0 Å². The van der Waals surface area contributed by atoms with E-state index in [0.717, 1.165) is 36.4 Å². The Morgan fingerprint density at radius 1 is 1.24 bits per heavy atom. The van der Waals surface area contributed by atoms with E-state index >= 15 is 0 Å². The fraction of sp³-hybridized carbons (Fsp3) is 0.471. The van der Waals surface area contributed by atoms with Gasteiger partial charge in [-0.2, -0.15) is 0 Å². The predicted octanol–water partition coefficient (Wildman–Crippen LogP) is 2.66. The first-order chi connectivity index (χ1) is 10.1. The van der Waals surface area contributed by atoms with Crippen LogP contribution in [0.1, 0.15) is 19.0 Å². The zero-order valence-electron chi connectivity index (χ0n) is 13.1. The molecule has 0 aliphatic carbocycles. The van der Waals surface area contributed by atoms with Crippen molar-refractivity contribution >= 4 is 22.1 Å². The van der Waals surface area contributed by atoms with E-state index in [-0.39, 0.29) is 0 Å². The van der Waals surface area contributed by atoms with Crippen LogP contribution in [0.15, 0.2) is 24.4 Å². The molecule has 21 heavy (non-hydrogen) atoms. The quantitative estimate of drug-likeness (QED) is 0.818. The molecule has 1 fully saturated rings. The van der Waals surface area contributed by atoms with Gasteiger partial charge in [-0.3, -0.25) is 4.98 Å². The van der Waals surface area contributed by atoms with Crippen LogP contribution in [0.2, 0.25) is 0 Å². The molecule has 1 aliphatic rings. The van der Waals surface area contributed by atoms with Crippen molar-refractivity contribution in [2.45, 2.75) is 26.3 Å². The minimum atomic E-state index is 0.498. The standard InChI is InChI=1S/C17H24N4/c1-12-9-14-15(10-19-12)16(18)5-6-17(14)21-8-4-7-20(3)11-13(21)2/h5-6,9-10,13H,4,7-8,11,18H2,1-3H3. The van der Waals surface area contributed by atoms with E-state index in [1.165, 1.54) is 17.5 Å². The van der Waals surface area contributed by atoms with Crippen molar-refractivity contribution in [1.29, 1.82) is 0 Å². The largest absolute Gasteiger partial charge is 0.398 e. The number of rotatable bonds is 1. The van der Waals surface area contributed by atoms with Gasteiger partial charge in [0, 0.05) is 53.2 Å². The molecule has 4 heteroatoms. The van der Waals surface area contributed by atoms with Crippen molar-refractivity contribution in [2.24, 2.45) is 0 Å². The number of benzene rings is 1. The summed E-state index contributed by atoms with van der Waals surface area (Å²) in [5.74, 6) is 0. The minimum Gasteiger partial charge on any atom is -0.398 e. The summed E-state index contributed by atoms with van der Waals surface area (Å²) in [4.78, 5) is 9.33. The average Bonchev–Trinajstić information content (AvgIpc) is 2.60. The second-order valence-electron chi connectivity index (χ2n) is 6.20. The molecule has 1 aromatic heterocycles. The summed E-state index contributed by atoms with van der Waals surface area (Å²) in [6.07, 6.45) is 3.09. The van der Waals surface area contributed by atoms with Gasteiger partial charge in [0.25, 0.3) is 0 Å². The molecule has 2 aromatic rings. The molecule has 1 saturated heterocycles. The first kappa shape index (κ1) is 14.1. The molecule has 1 atom stereocenters. The maximum Gasteiger partial charge on any atom is 0.0451 e. The number of aromatic nitrogens is 1. The first-order valence-corrected chi connectivity index (χ1v) is 7.66. The van der Waals surface area contributed by atoms with E-state index in [2.05, 4.69) is 40.9 Å². The van der Waals surface area contributed by atoms with Crippen LogP contribution in [-0.2, 0) is 0 Å². The molecule has 0 saturated carbocycles. The predicted molar refractivity (Wildman–Crippen MR) is 89.8 cm³/mol. The Kier molecular flexibility index (Phi) is 3.72. The average molecular weight is 284 g/mol. The fourth-order valence-electron chi connectivity index (χ4n) is 3.33. The van der Waals surface area contributed by atoms with Crippen LogP contribution in [0.25, 0.3) is 10.8 Å². The Morgan fingerprint density at radius 2 is 2.05 bits per heavy atom. The normalized spacial score (nSPS) is 20.7. The summed E-state index contributed by atoms with van der Waals surface area (Å²) in [5, 5.41) is 2.28. The Morgan fingerprint density at radius 3 is 2.86 bits per heavy atom. The van der Waals surface area contributed by atoms with E-state index < -0.39 is 0 Å². The Balaban J connectivity index is 2.11. The van der Waals surface area contributed by atoms with Gasteiger partial charge in [0.05, 0.1) is 0 Å². The van der Waals surface area contributed by atoms with E-state index in [1.54, 1.807) is 0 Å². The van der Waals surface area contributed by atoms with Crippen molar-refractivity contribution in [3.05, 3.63) is 30.1 Å². The van der Waals surface area contributed by atoms with Crippen LogP contribution in [0.5, 0.6) is 0 Å². The summed E-state index contributed by atoms with van der Waals surface area (Å²) in [6.45, 7) is 7.68. The molecule has 0 bridgehead atoms. The third-order valence-electron chi connectivity index (χ3n) is 4.40. The molecule has 3 rings (SSSR count). The molecule has 0 spiro atoms. The van der Waals surface area contributed by atoms with Crippen LogP contribution >= 0.6 is 0 Å². The maximum atomic E-state index is 6.13. The van der Waals surface area contributed by atoms with Gasteiger partial charge in [-0.25, -0.2) is 0 Å². The molecule has 112 valence electrons. The van der Waals surface area contributed by atoms with Gasteiger partial charge in [-0.05, 0) is 52.1 Å². The lowest BCUT2D eigenvalue weighted by atomic mass is 10.1. The summed E-state index contributed by atoms with van der Waals surface area (Å²) in [5.41, 5.74) is 9.25. The molecular weight excluding hydrogens is 260 g/mol. The molecule has 0 radical (unpaired) electrons. The van der Waals surface area contributed by atoms with Gasteiger partial charge in [0.15, 0.2) is 0 Å². The summed E-state index contributed by atoms with van der Waals surface area (Å²) in [6, 6.07) is 6.83. The Hall–Kier alpha value is -1.81. The van der Waals surface area contributed by atoms with Gasteiger partial charge in [0.1, 0.15) is 0 Å². The lowest BCUT2D eigenvalue weighted by Gasteiger charge is -2.31. The summed E-state index contributed by atoms with van der Waals surface area (Å²) < 4.78 is 0. The van der Waals surface area contributed by atoms with E-state index in [0.29, 0.717) is 6.04 Å². The number of fused-ring (bicyclic) bond motifs is 1. The topological polar surface area (TPSA) is 45.4 Å². The second-order valence-corrected chi connectivity index (χ2v) is 6.20. The van der Waals surface area contributed by atoms with Gasteiger partial charge < -0.3 is 15.5 Å². The Labute approximate surface area is 126 Å². The molecule has 2 N–H and O–H groups in total. The highest BCUT2D eigenvalue weighted by atomic mass is 15.2. The zero-order valence-corrected chi connectivity index (χ0v) is 13.1. The summed E-state index contributed by atoms with van der Waals surface area (Å²) in [7, 11) is 2.20. The highest BCUT2D eigenvalue weighted by Crippen LogP contribution is 2.32. The van der Waals surface area contributed by atoms with Gasteiger partial charge in [-0.1, -0.05) is 0 Å². The SMILES string of the molecule is Cc1cc2c(N3CCCN(C)CC3C)ccc(N)c2cn1. The van der Waals surface area contributed by atoms with Crippen molar-refractivity contribution < 1.29 is 0 Å². The maximum absolute atomic E-state index is 6.13. The molecule has 1 aromatic carbocycles. The highest BCUT2D eigenvalue weighted by Gasteiger charge is 2.21. The van der Waals surface area contributed by atoms with Gasteiger partial charge in [-0.15, -0.1) is 0 Å². The second kappa shape index (κ2) is 5.53. The van der Waals surface area contributed by atoms with Crippen molar-refractivity contribution in [2.75, 3.05) is 37.3 Å². The third kappa shape index (κ3) is 2.68. The lowest BCUT2D eigenvalue weighted by Crippen LogP contribution is -2.38. The van der Waals surface area contributed by atoms with E-state index in [1.807, 2.05) is 19.2 Å². The van der Waals surface area contributed by atoms with Crippen molar-refractivity contribution in [1.82, 2.24) is 9.88 Å². The number of nitrogens with zero attached hydrogens (tertiary/aromatic N) is 3. The van der Waals surface area contributed by atoms with Crippen LogP contribution in [0.4, 0.5) is 11.4 Å². The van der Waals surface area contributed by atoms with Crippen LogP contribution in [-0.4, -0.2) is 42.6 Å². The number of nitrogens with two attached hydrogens (primary N) is 1. The number of aryl methyl sites for hydroxylation is 1. The minimum absolute atomic E-state index is 0.498. The van der Waals surface area contributed by atoms with E-state index in [9.17, 15) is 0 Å². The lowest BCUT2D eigenvalue weighted by molar-refractivity contribution is 0.337. The van der Waals surface area contributed by atoms with Crippen molar-refractivity contribution in [3.8, 4) is 0 Å². The summed E-state index contributed by atoms with van der Waals surface area (Å²) >= 11 is 0. The number of hydrogen-bond acceptors (Lipinski definition) is 4. The molecular formula is C17H24N4. The number of pyridine rings is 1. The van der Waals surface area contributed by atoms with Gasteiger partial charge in [0.2, 0.25) is 0 Å². The third-order valence-corrected chi connectivity index (χ3v) is 4.40.